The number of hydrogen-bond donors (Lipinski definition) is 0. The van der Waals surface area contributed by atoms with Gasteiger partial charge in [0.1, 0.15) is 5.82 Å². The van der Waals surface area contributed by atoms with Crippen LogP contribution in [0.4, 0.5) is 24.9 Å². The van der Waals surface area contributed by atoms with Crippen molar-refractivity contribution in [2.45, 2.75) is 32.4 Å². The van der Waals surface area contributed by atoms with E-state index in [-0.39, 0.29) is 11.8 Å². The lowest BCUT2D eigenvalue weighted by molar-refractivity contribution is -0.141. The molecule has 0 amide bonds. The number of nitrogens with zero attached hydrogens (tertiary/aromatic N) is 4. The Hall–Kier alpha value is -1.53. The first kappa shape index (κ1) is 15.9. The van der Waals surface area contributed by atoms with Gasteiger partial charge in [0.25, 0.3) is 0 Å². The first-order chi connectivity index (χ1) is 9.77. The molecule has 0 saturated carbocycles. The molecule has 0 N–H and O–H groups in total. The molecule has 2 heterocycles. The van der Waals surface area contributed by atoms with Gasteiger partial charge in [0.2, 0.25) is 5.95 Å². The van der Waals surface area contributed by atoms with Crippen molar-refractivity contribution in [1.82, 2.24) is 9.97 Å². The fraction of sp³-hybridized carbons (Fsp3) is 0.714. The van der Waals surface area contributed by atoms with Crippen molar-refractivity contribution >= 4 is 11.8 Å². The second-order valence-corrected chi connectivity index (χ2v) is 5.83. The fourth-order valence-corrected chi connectivity index (χ4v) is 2.40. The molecule has 1 aromatic heterocycles. The van der Waals surface area contributed by atoms with Gasteiger partial charge in [-0.1, -0.05) is 6.92 Å². The lowest BCUT2D eigenvalue weighted by atomic mass is 10.0. The van der Waals surface area contributed by atoms with Crippen LogP contribution in [0.5, 0.6) is 0 Å². The Morgan fingerprint density at radius 2 is 1.90 bits per heavy atom. The van der Waals surface area contributed by atoms with Gasteiger partial charge in [-0.3, -0.25) is 0 Å². The predicted octanol–water partition coefficient (Wildman–Crippen LogP) is 3.19. The molecule has 7 heteroatoms. The molecule has 21 heavy (non-hydrogen) atoms. The molecule has 1 aliphatic heterocycles. The van der Waals surface area contributed by atoms with Crippen LogP contribution in [0.3, 0.4) is 0 Å². The lowest BCUT2D eigenvalue weighted by Gasteiger charge is -2.23. The van der Waals surface area contributed by atoms with E-state index >= 15 is 0 Å². The Morgan fingerprint density at radius 1 is 1.19 bits per heavy atom. The van der Waals surface area contributed by atoms with E-state index in [1.165, 1.54) is 0 Å². The number of halogens is 3. The van der Waals surface area contributed by atoms with E-state index in [0.29, 0.717) is 19.0 Å². The minimum atomic E-state index is -4.46. The molecule has 1 atom stereocenters. The summed E-state index contributed by atoms with van der Waals surface area (Å²) in [7, 11) is 3.35. The number of rotatable bonds is 2. The van der Waals surface area contributed by atoms with Gasteiger partial charge in [-0.05, 0) is 25.2 Å². The molecule has 2 rings (SSSR count). The highest BCUT2D eigenvalue weighted by Crippen LogP contribution is 2.31. The Balaban J connectivity index is 2.35. The maximum atomic E-state index is 13.0. The van der Waals surface area contributed by atoms with Crippen molar-refractivity contribution in [2.24, 2.45) is 5.92 Å². The second-order valence-electron chi connectivity index (χ2n) is 5.83. The van der Waals surface area contributed by atoms with Gasteiger partial charge >= 0.3 is 6.18 Å². The molecule has 4 nitrogen and oxygen atoms in total. The summed E-state index contributed by atoms with van der Waals surface area (Å²) in [6.07, 6.45) is -1.45. The third kappa shape index (κ3) is 3.98. The van der Waals surface area contributed by atoms with Crippen LogP contribution in [0.15, 0.2) is 6.07 Å². The van der Waals surface area contributed by atoms with Crippen molar-refractivity contribution in [1.29, 1.82) is 0 Å². The molecule has 0 bridgehead atoms. The molecule has 0 spiro atoms. The highest BCUT2D eigenvalue weighted by molar-refractivity contribution is 5.45. The van der Waals surface area contributed by atoms with Gasteiger partial charge in [0, 0.05) is 33.3 Å². The van der Waals surface area contributed by atoms with Crippen molar-refractivity contribution in [2.75, 3.05) is 37.0 Å². The van der Waals surface area contributed by atoms with E-state index in [9.17, 15) is 13.2 Å². The minimum absolute atomic E-state index is 0.183. The van der Waals surface area contributed by atoms with Gasteiger partial charge in [-0.2, -0.15) is 18.2 Å². The average Bonchev–Trinajstić information content (AvgIpc) is 2.62. The smallest absolute Gasteiger partial charge is 0.363 e. The first-order valence-electron chi connectivity index (χ1n) is 7.16. The van der Waals surface area contributed by atoms with Crippen LogP contribution in [0.1, 0.15) is 31.9 Å². The van der Waals surface area contributed by atoms with Gasteiger partial charge in [-0.25, -0.2) is 4.98 Å². The molecular weight excluding hydrogens is 281 g/mol. The zero-order valence-corrected chi connectivity index (χ0v) is 12.6. The Morgan fingerprint density at radius 3 is 2.52 bits per heavy atom. The number of alkyl halides is 3. The summed E-state index contributed by atoms with van der Waals surface area (Å²) < 4.78 is 39.0. The summed E-state index contributed by atoms with van der Waals surface area (Å²) in [6, 6.07) is 0.990. The summed E-state index contributed by atoms with van der Waals surface area (Å²) in [5, 5.41) is 0. The largest absolute Gasteiger partial charge is 0.433 e. The first-order valence-corrected chi connectivity index (χ1v) is 7.16. The predicted molar refractivity (Wildman–Crippen MR) is 76.6 cm³/mol. The Bertz CT molecular complexity index is 488. The van der Waals surface area contributed by atoms with E-state index in [4.69, 9.17) is 0 Å². The van der Waals surface area contributed by atoms with Crippen molar-refractivity contribution in [3.8, 4) is 0 Å². The maximum absolute atomic E-state index is 13.0. The lowest BCUT2D eigenvalue weighted by Crippen LogP contribution is -2.28. The minimum Gasteiger partial charge on any atom is -0.363 e. The number of aromatic nitrogens is 2. The molecule has 0 aromatic carbocycles. The van der Waals surface area contributed by atoms with Crippen LogP contribution < -0.4 is 9.80 Å². The summed E-state index contributed by atoms with van der Waals surface area (Å²) in [6.45, 7) is 3.58. The third-order valence-electron chi connectivity index (χ3n) is 3.75. The number of hydrogen-bond acceptors (Lipinski definition) is 4. The second kappa shape index (κ2) is 6.07. The van der Waals surface area contributed by atoms with Gasteiger partial charge < -0.3 is 9.80 Å². The van der Waals surface area contributed by atoms with E-state index in [2.05, 4.69) is 16.9 Å². The van der Waals surface area contributed by atoms with Crippen LogP contribution in [-0.4, -0.2) is 37.2 Å². The zero-order valence-electron chi connectivity index (χ0n) is 12.6. The normalized spacial score (nSPS) is 20.3. The topological polar surface area (TPSA) is 32.3 Å². The SMILES string of the molecule is CC1CCCN(c2nc(N(C)C)cc(C(F)(F)F)n2)CC1. The summed E-state index contributed by atoms with van der Waals surface area (Å²) in [4.78, 5) is 11.5. The molecule has 0 aliphatic carbocycles. The van der Waals surface area contributed by atoms with E-state index < -0.39 is 11.9 Å². The molecule has 1 aliphatic rings. The standard InChI is InChI=1S/C14H21F3N4/c1-10-5-4-7-21(8-6-10)13-18-11(14(15,16)17)9-12(19-13)20(2)3/h9-10H,4-8H2,1-3H3. The molecule has 1 fully saturated rings. The Kier molecular flexibility index (Phi) is 4.58. The average molecular weight is 302 g/mol. The monoisotopic (exact) mass is 302 g/mol. The van der Waals surface area contributed by atoms with Crippen molar-refractivity contribution in [3.05, 3.63) is 11.8 Å². The molecule has 1 unspecified atom stereocenters. The summed E-state index contributed by atoms with van der Waals surface area (Å²) in [5.41, 5.74) is -0.881. The molecule has 0 radical (unpaired) electrons. The van der Waals surface area contributed by atoms with E-state index in [0.717, 1.165) is 25.3 Å². The molecule has 118 valence electrons. The third-order valence-corrected chi connectivity index (χ3v) is 3.75. The zero-order chi connectivity index (χ0) is 15.6. The highest BCUT2D eigenvalue weighted by Gasteiger charge is 2.34. The summed E-state index contributed by atoms with van der Waals surface area (Å²) >= 11 is 0. The number of anilines is 2. The van der Waals surface area contributed by atoms with Crippen molar-refractivity contribution in [3.63, 3.8) is 0 Å². The van der Waals surface area contributed by atoms with Crippen LogP contribution in [-0.2, 0) is 6.18 Å². The molecular formula is C14H21F3N4. The van der Waals surface area contributed by atoms with Gasteiger partial charge in [0.05, 0.1) is 0 Å². The summed E-state index contributed by atoms with van der Waals surface area (Å²) in [5.74, 6) is 1.06. The molecule has 1 saturated heterocycles. The maximum Gasteiger partial charge on any atom is 0.433 e. The van der Waals surface area contributed by atoms with Crippen LogP contribution >= 0.6 is 0 Å². The van der Waals surface area contributed by atoms with Crippen molar-refractivity contribution < 1.29 is 13.2 Å². The van der Waals surface area contributed by atoms with E-state index in [1.807, 2.05) is 4.90 Å². The highest BCUT2D eigenvalue weighted by atomic mass is 19.4. The quantitative estimate of drug-likeness (QED) is 0.840. The van der Waals surface area contributed by atoms with E-state index in [1.54, 1.807) is 19.0 Å². The van der Waals surface area contributed by atoms with Crippen LogP contribution in [0.25, 0.3) is 0 Å². The van der Waals surface area contributed by atoms with Crippen LogP contribution in [0, 0.1) is 5.92 Å². The fourth-order valence-electron chi connectivity index (χ4n) is 2.40. The van der Waals surface area contributed by atoms with Gasteiger partial charge in [0.15, 0.2) is 5.69 Å². The Labute approximate surface area is 123 Å². The van der Waals surface area contributed by atoms with Gasteiger partial charge in [-0.15, -0.1) is 0 Å². The van der Waals surface area contributed by atoms with Crippen LogP contribution in [0.2, 0.25) is 0 Å². The molecule has 1 aromatic rings.